The summed E-state index contributed by atoms with van der Waals surface area (Å²) in [7, 11) is 0. The van der Waals surface area contributed by atoms with Crippen LogP contribution in [0.15, 0.2) is 42.5 Å². The Labute approximate surface area is 108 Å². The van der Waals surface area contributed by atoms with Crippen molar-refractivity contribution in [3.8, 4) is 11.8 Å². The summed E-state index contributed by atoms with van der Waals surface area (Å²) < 4.78 is 15.3. The first-order valence-corrected chi connectivity index (χ1v) is 5.63. The summed E-state index contributed by atoms with van der Waals surface area (Å²) in [6, 6.07) is 13.6. The molecule has 3 aromatic rings. The summed E-state index contributed by atoms with van der Waals surface area (Å²) in [5.74, 6) is -0.193. The number of hydrogen-bond donors (Lipinski definition) is 1. The van der Waals surface area contributed by atoms with Crippen LogP contribution in [-0.4, -0.2) is 9.55 Å². The number of nitrogens with two attached hydrogens (primary N) is 1. The minimum Gasteiger partial charge on any atom is -0.369 e. The van der Waals surface area contributed by atoms with Gasteiger partial charge in [0.1, 0.15) is 5.52 Å². The number of nitrogen functional groups attached to an aromatic ring is 1. The van der Waals surface area contributed by atoms with Gasteiger partial charge in [0.15, 0.2) is 5.82 Å². The van der Waals surface area contributed by atoms with E-state index in [2.05, 4.69) is 4.98 Å². The third-order valence-electron chi connectivity index (χ3n) is 2.92. The minimum absolute atomic E-state index is 0.213. The molecule has 0 aliphatic rings. The molecular formula is C14H9FN4. The van der Waals surface area contributed by atoms with E-state index in [0.717, 1.165) is 5.69 Å². The molecule has 0 bridgehead atoms. The summed E-state index contributed by atoms with van der Waals surface area (Å²) in [5, 5.41) is 8.78. The Hall–Kier alpha value is -2.87. The van der Waals surface area contributed by atoms with E-state index in [1.54, 1.807) is 41.0 Å². The molecule has 4 nitrogen and oxygen atoms in total. The van der Waals surface area contributed by atoms with Gasteiger partial charge in [-0.2, -0.15) is 5.26 Å². The van der Waals surface area contributed by atoms with Gasteiger partial charge in [0, 0.05) is 5.69 Å². The highest BCUT2D eigenvalue weighted by Crippen LogP contribution is 2.24. The van der Waals surface area contributed by atoms with E-state index in [1.807, 2.05) is 6.07 Å². The van der Waals surface area contributed by atoms with Crippen molar-refractivity contribution >= 4 is 17.0 Å². The van der Waals surface area contributed by atoms with Crippen LogP contribution in [0.1, 0.15) is 5.56 Å². The second kappa shape index (κ2) is 4.10. The van der Waals surface area contributed by atoms with Gasteiger partial charge in [-0.05, 0) is 36.4 Å². The van der Waals surface area contributed by atoms with Crippen molar-refractivity contribution in [3.05, 3.63) is 53.8 Å². The number of nitriles is 1. The fraction of sp³-hybridized carbons (Fsp3) is 0. The topological polar surface area (TPSA) is 67.6 Å². The summed E-state index contributed by atoms with van der Waals surface area (Å²) >= 11 is 0. The van der Waals surface area contributed by atoms with E-state index in [-0.39, 0.29) is 11.5 Å². The average molecular weight is 252 g/mol. The molecule has 19 heavy (non-hydrogen) atoms. The second-order valence-electron chi connectivity index (χ2n) is 4.07. The Kier molecular flexibility index (Phi) is 2.43. The number of fused-ring (bicyclic) bond motifs is 1. The summed E-state index contributed by atoms with van der Waals surface area (Å²) in [4.78, 5) is 4.03. The number of benzene rings is 2. The molecule has 0 radical (unpaired) electrons. The number of rotatable bonds is 1. The zero-order valence-corrected chi connectivity index (χ0v) is 9.84. The lowest BCUT2D eigenvalue weighted by Gasteiger charge is -2.06. The number of para-hydroxylation sites is 1. The fourth-order valence-electron chi connectivity index (χ4n) is 2.04. The quantitative estimate of drug-likeness (QED) is 0.723. The van der Waals surface area contributed by atoms with Crippen LogP contribution in [-0.2, 0) is 0 Å². The largest absolute Gasteiger partial charge is 0.369 e. The molecule has 0 saturated carbocycles. The molecule has 0 spiro atoms. The number of aromatic nitrogens is 2. The molecule has 92 valence electrons. The molecule has 2 aromatic carbocycles. The molecule has 0 unspecified atom stereocenters. The number of anilines is 1. The summed E-state index contributed by atoms with van der Waals surface area (Å²) in [6.07, 6.45) is 0. The van der Waals surface area contributed by atoms with Gasteiger partial charge < -0.3 is 5.73 Å². The van der Waals surface area contributed by atoms with E-state index < -0.39 is 5.82 Å². The highest BCUT2D eigenvalue weighted by Gasteiger charge is 2.12. The number of imidazole rings is 1. The molecule has 0 fully saturated rings. The maximum Gasteiger partial charge on any atom is 0.206 e. The third-order valence-corrected chi connectivity index (χ3v) is 2.92. The van der Waals surface area contributed by atoms with Crippen LogP contribution < -0.4 is 5.73 Å². The van der Waals surface area contributed by atoms with Crippen LogP contribution in [0.2, 0.25) is 0 Å². The Bertz CT molecular complexity index is 797. The minimum atomic E-state index is -0.406. The molecule has 0 aliphatic carbocycles. The first-order chi connectivity index (χ1) is 9.20. The summed E-state index contributed by atoms with van der Waals surface area (Å²) in [6.45, 7) is 0. The maximum absolute atomic E-state index is 13.6. The Morgan fingerprint density at radius 2 is 1.89 bits per heavy atom. The lowest BCUT2D eigenvalue weighted by atomic mass is 10.2. The average Bonchev–Trinajstić information content (AvgIpc) is 2.77. The van der Waals surface area contributed by atoms with E-state index in [1.165, 1.54) is 6.07 Å². The molecule has 1 aromatic heterocycles. The van der Waals surface area contributed by atoms with Crippen LogP contribution in [0.3, 0.4) is 0 Å². The number of hydrogen-bond acceptors (Lipinski definition) is 3. The van der Waals surface area contributed by atoms with Crippen molar-refractivity contribution in [2.45, 2.75) is 0 Å². The van der Waals surface area contributed by atoms with E-state index >= 15 is 0 Å². The first-order valence-electron chi connectivity index (χ1n) is 5.63. The fourth-order valence-corrected chi connectivity index (χ4v) is 2.04. The van der Waals surface area contributed by atoms with Crippen LogP contribution in [0.4, 0.5) is 10.3 Å². The molecule has 0 aliphatic heterocycles. The van der Waals surface area contributed by atoms with Crippen LogP contribution in [0.25, 0.3) is 16.7 Å². The molecule has 0 saturated heterocycles. The van der Waals surface area contributed by atoms with Crippen molar-refractivity contribution < 1.29 is 4.39 Å². The predicted octanol–water partition coefficient (Wildman–Crippen LogP) is 2.62. The van der Waals surface area contributed by atoms with Crippen LogP contribution in [0, 0.1) is 17.1 Å². The normalized spacial score (nSPS) is 10.5. The van der Waals surface area contributed by atoms with Gasteiger partial charge in [0.2, 0.25) is 5.95 Å². The van der Waals surface area contributed by atoms with Gasteiger partial charge in [-0.3, -0.25) is 4.57 Å². The highest BCUT2D eigenvalue weighted by atomic mass is 19.1. The van der Waals surface area contributed by atoms with E-state index in [9.17, 15) is 4.39 Å². The maximum atomic E-state index is 13.6. The third kappa shape index (κ3) is 1.70. The van der Waals surface area contributed by atoms with Gasteiger partial charge in [0.25, 0.3) is 0 Å². The monoisotopic (exact) mass is 252 g/mol. The number of halogens is 1. The molecule has 0 atom stereocenters. The van der Waals surface area contributed by atoms with Crippen molar-refractivity contribution in [3.63, 3.8) is 0 Å². The van der Waals surface area contributed by atoms with Gasteiger partial charge in [-0.15, -0.1) is 0 Å². The number of nitrogens with zero attached hydrogens (tertiary/aromatic N) is 3. The molecule has 3 rings (SSSR count). The van der Waals surface area contributed by atoms with E-state index in [4.69, 9.17) is 11.0 Å². The molecule has 0 amide bonds. The van der Waals surface area contributed by atoms with Crippen LogP contribution >= 0.6 is 0 Å². The molecule has 1 heterocycles. The zero-order valence-electron chi connectivity index (χ0n) is 9.84. The Balaban J connectivity index is 2.27. The smallest absolute Gasteiger partial charge is 0.206 e. The lowest BCUT2D eigenvalue weighted by Crippen LogP contribution is -2.00. The Morgan fingerprint density at radius 1 is 1.16 bits per heavy atom. The summed E-state index contributed by atoms with van der Waals surface area (Å²) in [5.41, 5.74) is 7.98. The van der Waals surface area contributed by atoms with Gasteiger partial charge in [-0.1, -0.05) is 6.07 Å². The van der Waals surface area contributed by atoms with Crippen molar-refractivity contribution in [2.75, 3.05) is 5.73 Å². The second-order valence-corrected chi connectivity index (χ2v) is 4.07. The zero-order chi connectivity index (χ0) is 13.4. The van der Waals surface area contributed by atoms with Gasteiger partial charge in [0.05, 0.1) is 17.1 Å². The van der Waals surface area contributed by atoms with Crippen LogP contribution in [0.5, 0.6) is 0 Å². The standard InChI is InChI=1S/C14H9FN4/c15-11-2-1-3-12-13(11)18-14(17)19(12)10-6-4-9(8-16)5-7-10/h1-7H,(H2,17,18). The van der Waals surface area contributed by atoms with E-state index in [0.29, 0.717) is 11.1 Å². The SMILES string of the molecule is N#Cc1ccc(-n2c(N)nc3c(F)cccc32)cc1. The highest BCUT2D eigenvalue weighted by molar-refractivity contribution is 5.81. The van der Waals surface area contributed by atoms with Gasteiger partial charge >= 0.3 is 0 Å². The Morgan fingerprint density at radius 3 is 2.58 bits per heavy atom. The van der Waals surface area contributed by atoms with Gasteiger partial charge in [-0.25, -0.2) is 9.37 Å². The molecule has 5 heteroatoms. The molecule has 2 N–H and O–H groups in total. The lowest BCUT2D eigenvalue weighted by molar-refractivity contribution is 0.637. The molecular weight excluding hydrogens is 243 g/mol. The predicted molar refractivity (Wildman–Crippen MR) is 70.2 cm³/mol. The first kappa shape index (κ1) is 11.2. The van der Waals surface area contributed by atoms with Crippen molar-refractivity contribution in [2.24, 2.45) is 0 Å². The van der Waals surface area contributed by atoms with Crippen molar-refractivity contribution in [1.29, 1.82) is 5.26 Å². The van der Waals surface area contributed by atoms with Crippen molar-refractivity contribution in [1.82, 2.24) is 9.55 Å².